The van der Waals surface area contributed by atoms with Crippen molar-refractivity contribution in [3.05, 3.63) is 88.9 Å². The van der Waals surface area contributed by atoms with Crippen molar-refractivity contribution in [1.82, 2.24) is 24.8 Å². The van der Waals surface area contributed by atoms with Crippen LogP contribution >= 0.6 is 23.6 Å². The van der Waals surface area contributed by atoms with Crippen molar-refractivity contribution in [3.63, 3.8) is 0 Å². The van der Waals surface area contributed by atoms with E-state index in [-0.39, 0.29) is 24.4 Å². The first-order valence-electron chi connectivity index (χ1n) is 12.0. The lowest BCUT2D eigenvalue weighted by molar-refractivity contribution is -0.116. The molecule has 3 aromatic heterocycles. The summed E-state index contributed by atoms with van der Waals surface area (Å²) in [4.78, 5) is 24.2. The topological polar surface area (TPSA) is 84.3 Å². The van der Waals surface area contributed by atoms with Crippen LogP contribution in [0.4, 0.5) is 5.69 Å². The van der Waals surface area contributed by atoms with E-state index in [0.29, 0.717) is 23.1 Å². The molecule has 4 aromatic rings. The number of rotatable bonds is 8. The molecule has 8 nitrogen and oxygen atoms in total. The fourth-order valence-corrected chi connectivity index (χ4v) is 5.96. The molecule has 2 atom stereocenters. The number of nitrogens with zero attached hydrogens (tertiary/aromatic N) is 4. The fourth-order valence-electron chi connectivity index (χ4n) is 4.88. The summed E-state index contributed by atoms with van der Waals surface area (Å²) in [6.45, 7) is 4.63. The van der Waals surface area contributed by atoms with Crippen LogP contribution in [-0.2, 0) is 4.79 Å². The van der Waals surface area contributed by atoms with Gasteiger partial charge in [0.15, 0.2) is 10.2 Å². The molecule has 0 radical (unpaired) electrons. The first kappa shape index (κ1) is 24.9. The summed E-state index contributed by atoms with van der Waals surface area (Å²) in [5.41, 5.74) is 4.85. The van der Waals surface area contributed by atoms with Crippen LogP contribution in [-0.4, -0.2) is 44.1 Å². The molecule has 0 aliphatic carbocycles. The zero-order chi connectivity index (χ0) is 25.9. The highest BCUT2D eigenvalue weighted by molar-refractivity contribution is 7.80. The molecule has 5 rings (SSSR count). The minimum atomic E-state index is -0.156. The van der Waals surface area contributed by atoms with E-state index in [9.17, 15) is 4.79 Å². The monoisotopic (exact) mass is 532 g/mol. The molecule has 1 aliphatic heterocycles. The van der Waals surface area contributed by atoms with E-state index in [1.807, 2.05) is 54.0 Å². The van der Waals surface area contributed by atoms with Gasteiger partial charge in [-0.3, -0.25) is 14.3 Å². The van der Waals surface area contributed by atoms with Crippen LogP contribution < -0.4 is 15.4 Å². The Hall–Kier alpha value is -3.76. The van der Waals surface area contributed by atoms with Crippen LogP contribution in [0.25, 0.3) is 5.13 Å². The molecular formula is C27H28N6O2S2. The Morgan fingerprint density at radius 2 is 1.97 bits per heavy atom. The van der Waals surface area contributed by atoms with Crippen LogP contribution in [0.2, 0.25) is 0 Å². The van der Waals surface area contributed by atoms with Gasteiger partial charge in [0, 0.05) is 42.1 Å². The minimum absolute atomic E-state index is 0.111. The number of aromatic nitrogens is 3. The van der Waals surface area contributed by atoms with Crippen LogP contribution in [0.5, 0.6) is 5.75 Å². The number of nitrogens with one attached hydrogen (secondary N) is 2. The molecule has 0 spiro atoms. The molecule has 4 heterocycles. The number of ether oxygens (including phenoxy) is 1. The summed E-state index contributed by atoms with van der Waals surface area (Å²) in [6, 6.07) is 15.2. The predicted molar refractivity (Wildman–Crippen MR) is 149 cm³/mol. The molecular weight excluding hydrogens is 504 g/mol. The van der Waals surface area contributed by atoms with Crippen LogP contribution in [0.3, 0.4) is 0 Å². The Labute approximate surface area is 225 Å². The molecule has 10 heteroatoms. The number of para-hydroxylation sites is 2. The number of anilines is 1. The Bertz CT molecular complexity index is 1400. The largest absolute Gasteiger partial charge is 0.495 e. The molecule has 0 saturated carbocycles. The van der Waals surface area contributed by atoms with E-state index in [2.05, 4.69) is 50.0 Å². The second kappa shape index (κ2) is 10.7. The lowest BCUT2D eigenvalue weighted by Gasteiger charge is -2.28. The summed E-state index contributed by atoms with van der Waals surface area (Å²) >= 11 is 7.39. The van der Waals surface area contributed by atoms with E-state index < -0.39 is 0 Å². The maximum atomic E-state index is 12.9. The Morgan fingerprint density at radius 3 is 2.70 bits per heavy atom. The number of thiazole rings is 1. The molecule has 190 valence electrons. The molecule has 37 heavy (non-hydrogen) atoms. The third kappa shape index (κ3) is 4.94. The number of amides is 1. The molecule has 1 fully saturated rings. The zero-order valence-electron chi connectivity index (χ0n) is 20.8. The van der Waals surface area contributed by atoms with Gasteiger partial charge in [0.2, 0.25) is 5.91 Å². The van der Waals surface area contributed by atoms with Crippen molar-refractivity contribution in [1.29, 1.82) is 0 Å². The Balaban J connectivity index is 1.44. The van der Waals surface area contributed by atoms with Gasteiger partial charge in [0.1, 0.15) is 5.75 Å². The van der Waals surface area contributed by atoms with Gasteiger partial charge in [0.05, 0.1) is 30.6 Å². The lowest BCUT2D eigenvalue weighted by Crippen LogP contribution is -2.33. The second-order valence-electron chi connectivity index (χ2n) is 8.80. The number of carbonyl (C=O) groups is 1. The molecule has 2 N–H and O–H groups in total. The van der Waals surface area contributed by atoms with Gasteiger partial charge in [-0.05, 0) is 62.0 Å². The SMILES string of the molecule is COc1ccccc1NC(=O)CCN1C(=S)N[C@@H](c2ccccn2)[C@H]1c1cc(C)n(-c2nccs2)c1C. The maximum Gasteiger partial charge on any atom is 0.226 e. The molecule has 1 aromatic carbocycles. The van der Waals surface area contributed by atoms with E-state index in [1.165, 1.54) is 0 Å². The number of carbonyl (C=O) groups excluding carboxylic acids is 1. The lowest BCUT2D eigenvalue weighted by atomic mass is 9.96. The molecule has 1 amide bonds. The van der Waals surface area contributed by atoms with Gasteiger partial charge in [-0.2, -0.15) is 0 Å². The average Bonchev–Trinajstić information content (AvgIpc) is 3.61. The number of aryl methyl sites for hydroxylation is 1. The van der Waals surface area contributed by atoms with Gasteiger partial charge < -0.3 is 20.3 Å². The number of methoxy groups -OCH3 is 1. The number of hydrogen-bond donors (Lipinski definition) is 2. The van der Waals surface area contributed by atoms with Crippen LogP contribution in [0.15, 0.2) is 66.3 Å². The molecule has 0 bridgehead atoms. The fraction of sp³-hybridized carbons (Fsp3) is 0.259. The van der Waals surface area contributed by atoms with E-state index in [0.717, 1.165) is 27.8 Å². The molecule has 0 unspecified atom stereocenters. The highest BCUT2D eigenvalue weighted by atomic mass is 32.1. The van der Waals surface area contributed by atoms with E-state index >= 15 is 0 Å². The van der Waals surface area contributed by atoms with Crippen molar-refractivity contribution < 1.29 is 9.53 Å². The van der Waals surface area contributed by atoms with Crippen molar-refractivity contribution in [2.24, 2.45) is 0 Å². The number of benzene rings is 1. The zero-order valence-corrected chi connectivity index (χ0v) is 22.5. The van der Waals surface area contributed by atoms with Gasteiger partial charge in [0.25, 0.3) is 0 Å². The predicted octanol–water partition coefficient (Wildman–Crippen LogP) is 4.96. The van der Waals surface area contributed by atoms with Gasteiger partial charge in [-0.15, -0.1) is 11.3 Å². The van der Waals surface area contributed by atoms with Gasteiger partial charge in [-0.25, -0.2) is 4.98 Å². The maximum absolute atomic E-state index is 12.9. The van der Waals surface area contributed by atoms with Crippen LogP contribution in [0.1, 0.15) is 41.1 Å². The average molecular weight is 533 g/mol. The summed E-state index contributed by atoms with van der Waals surface area (Å²) < 4.78 is 7.54. The first-order valence-corrected chi connectivity index (χ1v) is 13.3. The Morgan fingerprint density at radius 1 is 1.16 bits per heavy atom. The number of pyridine rings is 1. The third-order valence-corrected chi connectivity index (χ3v) is 7.67. The van der Waals surface area contributed by atoms with Crippen molar-refractivity contribution >= 4 is 40.3 Å². The summed E-state index contributed by atoms with van der Waals surface area (Å²) in [6.07, 6.45) is 3.87. The first-order chi connectivity index (χ1) is 18.0. The normalized spacial score (nSPS) is 17.1. The highest BCUT2D eigenvalue weighted by Crippen LogP contribution is 2.41. The van der Waals surface area contributed by atoms with Crippen molar-refractivity contribution in [2.75, 3.05) is 19.0 Å². The Kier molecular flexibility index (Phi) is 7.20. The highest BCUT2D eigenvalue weighted by Gasteiger charge is 2.41. The number of hydrogen-bond acceptors (Lipinski definition) is 6. The summed E-state index contributed by atoms with van der Waals surface area (Å²) in [5.74, 6) is 0.512. The quantitative estimate of drug-likeness (QED) is 0.311. The second-order valence-corrected chi connectivity index (χ2v) is 10.1. The van der Waals surface area contributed by atoms with E-state index in [1.54, 1.807) is 24.6 Å². The van der Waals surface area contributed by atoms with Gasteiger partial charge >= 0.3 is 0 Å². The summed E-state index contributed by atoms with van der Waals surface area (Å²) in [7, 11) is 1.59. The van der Waals surface area contributed by atoms with Crippen LogP contribution in [0, 0.1) is 13.8 Å². The number of thiocarbonyl (C=S) groups is 1. The third-order valence-electron chi connectivity index (χ3n) is 6.56. The molecule has 1 aliphatic rings. The van der Waals surface area contributed by atoms with Crippen molar-refractivity contribution in [2.45, 2.75) is 32.4 Å². The summed E-state index contributed by atoms with van der Waals surface area (Å²) in [5, 5.41) is 9.94. The van der Waals surface area contributed by atoms with E-state index in [4.69, 9.17) is 17.0 Å². The smallest absolute Gasteiger partial charge is 0.226 e. The van der Waals surface area contributed by atoms with Crippen molar-refractivity contribution in [3.8, 4) is 10.9 Å². The minimum Gasteiger partial charge on any atom is -0.495 e. The van der Waals surface area contributed by atoms with Gasteiger partial charge in [-0.1, -0.05) is 18.2 Å². The standard InChI is InChI=1S/C27H28N6O2S2/c1-17-16-19(18(2)33(17)27-29-13-15-37-27)25-24(21-9-6-7-12-28-21)31-26(36)32(25)14-11-23(34)30-20-8-4-5-10-22(20)35-3/h4-10,12-13,15-16,24-25H,11,14H2,1-3H3,(H,30,34)(H,31,36)/t24-,25+/m0/s1. The molecule has 1 saturated heterocycles.